The number of methoxy groups -OCH3 is 1. The Balaban J connectivity index is 2.07. The van der Waals surface area contributed by atoms with Gasteiger partial charge in [0.25, 0.3) is 11.8 Å². The molecule has 0 bridgehead atoms. The molecule has 1 aliphatic heterocycles. The van der Waals surface area contributed by atoms with Crippen LogP contribution in [-0.2, 0) is 0 Å². The second-order valence-electron chi connectivity index (χ2n) is 4.56. The van der Waals surface area contributed by atoms with E-state index < -0.39 is 0 Å². The van der Waals surface area contributed by atoms with E-state index in [4.69, 9.17) is 10.5 Å². The molecular formula is C15H11BrN2O3. The SMILES string of the molecule is COc1ccc(N2C(=O)c3ccc(Br)cc3C2=O)cc1N. The summed E-state index contributed by atoms with van der Waals surface area (Å²) < 4.78 is 5.82. The van der Waals surface area contributed by atoms with Crippen LogP contribution in [0.1, 0.15) is 20.7 Å². The lowest BCUT2D eigenvalue weighted by atomic mass is 10.1. The number of nitrogens with two attached hydrogens (primary N) is 1. The maximum atomic E-state index is 12.4. The highest BCUT2D eigenvalue weighted by atomic mass is 79.9. The molecule has 0 atom stereocenters. The average molecular weight is 347 g/mol. The molecule has 0 aliphatic carbocycles. The van der Waals surface area contributed by atoms with Gasteiger partial charge >= 0.3 is 0 Å². The Morgan fingerprint density at radius 3 is 2.43 bits per heavy atom. The molecule has 21 heavy (non-hydrogen) atoms. The minimum Gasteiger partial charge on any atom is -0.495 e. The highest BCUT2D eigenvalue weighted by Crippen LogP contribution is 2.33. The van der Waals surface area contributed by atoms with Crippen molar-refractivity contribution in [3.05, 3.63) is 52.0 Å². The first-order valence-corrected chi connectivity index (χ1v) is 6.94. The van der Waals surface area contributed by atoms with E-state index in [9.17, 15) is 9.59 Å². The van der Waals surface area contributed by atoms with Crippen LogP contribution in [0.25, 0.3) is 0 Å². The predicted octanol–water partition coefficient (Wildman–Crippen LogP) is 2.84. The number of carbonyl (C=O) groups is 2. The minimum atomic E-state index is -0.360. The van der Waals surface area contributed by atoms with Crippen LogP contribution >= 0.6 is 15.9 Å². The third-order valence-electron chi connectivity index (χ3n) is 3.32. The summed E-state index contributed by atoms with van der Waals surface area (Å²) in [6, 6.07) is 9.82. The lowest BCUT2D eigenvalue weighted by molar-refractivity contribution is 0.0926. The number of benzene rings is 2. The first-order chi connectivity index (χ1) is 10.0. The van der Waals surface area contributed by atoms with E-state index in [2.05, 4.69) is 15.9 Å². The summed E-state index contributed by atoms with van der Waals surface area (Å²) in [5, 5.41) is 0. The molecule has 1 heterocycles. The fraction of sp³-hybridized carbons (Fsp3) is 0.0667. The summed E-state index contributed by atoms with van der Waals surface area (Å²) in [5.41, 5.74) is 7.40. The molecule has 106 valence electrons. The molecule has 3 rings (SSSR count). The number of nitrogens with zero attached hydrogens (tertiary/aromatic N) is 1. The van der Waals surface area contributed by atoms with Gasteiger partial charge in [-0.1, -0.05) is 15.9 Å². The number of fused-ring (bicyclic) bond motifs is 1. The van der Waals surface area contributed by atoms with Crippen molar-refractivity contribution in [3.63, 3.8) is 0 Å². The van der Waals surface area contributed by atoms with Crippen LogP contribution in [-0.4, -0.2) is 18.9 Å². The molecule has 2 amide bonds. The molecule has 0 unspecified atom stereocenters. The molecule has 0 saturated heterocycles. The zero-order chi connectivity index (χ0) is 15.1. The van der Waals surface area contributed by atoms with Gasteiger partial charge in [-0.25, -0.2) is 4.90 Å². The summed E-state index contributed by atoms with van der Waals surface area (Å²) in [4.78, 5) is 26.0. The summed E-state index contributed by atoms with van der Waals surface area (Å²) in [6.07, 6.45) is 0. The molecular weight excluding hydrogens is 336 g/mol. The first kappa shape index (κ1) is 13.6. The van der Waals surface area contributed by atoms with Gasteiger partial charge in [0.05, 0.1) is 29.6 Å². The fourth-order valence-electron chi connectivity index (χ4n) is 2.31. The van der Waals surface area contributed by atoms with Gasteiger partial charge in [-0.2, -0.15) is 0 Å². The van der Waals surface area contributed by atoms with Gasteiger partial charge in [0.15, 0.2) is 0 Å². The first-order valence-electron chi connectivity index (χ1n) is 6.15. The Labute approximate surface area is 129 Å². The molecule has 2 aromatic rings. The van der Waals surface area contributed by atoms with Crippen molar-refractivity contribution in [1.82, 2.24) is 0 Å². The van der Waals surface area contributed by atoms with Crippen molar-refractivity contribution < 1.29 is 14.3 Å². The zero-order valence-electron chi connectivity index (χ0n) is 11.1. The number of ether oxygens (including phenoxy) is 1. The number of rotatable bonds is 2. The largest absolute Gasteiger partial charge is 0.495 e. The fourth-order valence-corrected chi connectivity index (χ4v) is 2.67. The smallest absolute Gasteiger partial charge is 0.266 e. The Morgan fingerprint density at radius 1 is 1.05 bits per heavy atom. The number of imide groups is 1. The van der Waals surface area contributed by atoms with Crippen molar-refractivity contribution in [3.8, 4) is 5.75 Å². The van der Waals surface area contributed by atoms with Gasteiger partial charge in [0, 0.05) is 4.47 Å². The van der Waals surface area contributed by atoms with E-state index in [1.54, 1.807) is 36.4 Å². The van der Waals surface area contributed by atoms with Gasteiger partial charge < -0.3 is 10.5 Å². The molecule has 0 radical (unpaired) electrons. The Morgan fingerprint density at radius 2 is 1.76 bits per heavy atom. The van der Waals surface area contributed by atoms with E-state index in [1.807, 2.05) is 0 Å². The molecule has 0 saturated carbocycles. The van der Waals surface area contributed by atoms with Crippen molar-refractivity contribution >= 4 is 39.1 Å². The lowest BCUT2D eigenvalue weighted by Crippen LogP contribution is -2.29. The van der Waals surface area contributed by atoms with Crippen LogP contribution in [0.5, 0.6) is 5.75 Å². The molecule has 1 aliphatic rings. The Bertz CT molecular complexity index is 774. The van der Waals surface area contributed by atoms with E-state index in [1.165, 1.54) is 7.11 Å². The number of nitrogen functional groups attached to an aromatic ring is 1. The average Bonchev–Trinajstić information content (AvgIpc) is 2.70. The topological polar surface area (TPSA) is 72.6 Å². The van der Waals surface area contributed by atoms with Crippen LogP contribution in [0.15, 0.2) is 40.9 Å². The van der Waals surface area contributed by atoms with Gasteiger partial charge in [-0.3, -0.25) is 9.59 Å². The van der Waals surface area contributed by atoms with E-state index >= 15 is 0 Å². The normalized spacial score (nSPS) is 13.5. The molecule has 2 aromatic carbocycles. The monoisotopic (exact) mass is 346 g/mol. The highest BCUT2D eigenvalue weighted by Gasteiger charge is 2.36. The Kier molecular flexibility index (Phi) is 3.17. The van der Waals surface area contributed by atoms with Crippen molar-refractivity contribution in [1.29, 1.82) is 0 Å². The lowest BCUT2D eigenvalue weighted by Gasteiger charge is -2.15. The standard InChI is InChI=1S/C15H11BrN2O3/c1-21-13-5-3-9(7-12(13)17)18-14(19)10-4-2-8(16)6-11(10)15(18)20/h2-7H,17H2,1H3. The Hall–Kier alpha value is -2.34. The summed E-state index contributed by atoms with van der Waals surface area (Å²) in [6.45, 7) is 0. The number of amides is 2. The van der Waals surface area contributed by atoms with E-state index in [-0.39, 0.29) is 11.8 Å². The second-order valence-corrected chi connectivity index (χ2v) is 5.48. The second kappa shape index (κ2) is 4.89. The van der Waals surface area contributed by atoms with Crippen LogP contribution < -0.4 is 15.4 Å². The quantitative estimate of drug-likeness (QED) is 0.670. The molecule has 0 fully saturated rings. The van der Waals surface area contributed by atoms with Gasteiger partial charge in [0.2, 0.25) is 0 Å². The van der Waals surface area contributed by atoms with Crippen molar-refractivity contribution in [2.45, 2.75) is 0 Å². The molecule has 6 heteroatoms. The number of carbonyl (C=O) groups excluding carboxylic acids is 2. The maximum absolute atomic E-state index is 12.4. The van der Waals surface area contributed by atoms with Crippen LogP contribution in [0.3, 0.4) is 0 Å². The zero-order valence-corrected chi connectivity index (χ0v) is 12.7. The van der Waals surface area contributed by atoms with Crippen LogP contribution in [0.4, 0.5) is 11.4 Å². The minimum absolute atomic E-state index is 0.355. The van der Waals surface area contributed by atoms with Crippen LogP contribution in [0.2, 0.25) is 0 Å². The highest BCUT2D eigenvalue weighted by molar-refractivity contribution is 9.10. The number of anilines is 2. The summed E-state index contributed by atoms with van der Waals surface area (Å²) >= 11 is 3.30. The van der Waals surface area contributed by atoms with Gasteiger partial charge in [-0.05, 0) is 36.4 Å². The number of hydrogen-bond acceptors (Lipinski definition) is 4. The number of hydrogen-bond donors (Lipinski definition) is 1. The molecule has 0 spiro atoms. The molecule has 0 aromatic heterocycles. The van der Waals surface area contributed by atoms with Gasteiger partial charge in [0.1, 0.15) is 5.75 Å². The predicted molar refractivity (Wildman–Crippen MR) is 82.7 cm³/mol. The van der Waals surface area contributed by atoms with Crippen molar-refractivity contribution in [2.24, 2.45) is 0 Å². The van der Waals surface area contributed by atoms with Gasteiger partial charge in [-0.15, -0.1) is 0 Å². The van der Waals surface area contributed by atoms with Crippen molar-refractivity contribution in [2.75, 3.05) is 17.7 Å². The summed E-state index contributed by atoms with van der Waals surface area (Å²) in [5.74, 6) is -0.217. The van der Waals surface area contributed by atoms with E-state index in [0.717, 1.165) is 9.37 Å². The van der Waals surface area contributed by atoms with E-state index in [0.29, 0.717) is 28.3 Å². The third kappa shape index (κ3) is 2.08. The molecule has 2 N–H and O–H groups in total. The maximum Gasteiger partial charge on any atom is 0.266 e. The number of halogens is 1. The third-order valence-corrected chi connectivity index (χ3v) is 3.81. The molecule has 5 nitrogen and oxygen atoms in total. The summed E-state index contributed by atoms with van der Waals surface area (Å²) in [7, 11) is 1.50. The van der Waals surface area contributed by atoms with Crippen LogP contribution in [0, 0.1) is 0 Å².